The largest absolute Gasteiger partial charge is 0.465 e. The summed E-state index contributed by atoms with van der Waals surface area (Å²) in [4.78, 5) is 2.40. The zero-order valence-electron chi connectivity index (χ0n) is 12.6. The third-order valence-corrected chi connectivity index (χ3v) is 4.14. The van der Waals surface area contributed by atoms with Gasteiger partial charge in [0, 0.05) is 12.6 Å². The number of aryl methyl sites for hydroxylation is 1. The fourth-order valence-corrected chi connectivity index (χ4v) is 3.26. The molecule has 1 aliphatic rings. The van der Waals surface area contributed by atoms with Crippen LogP contribution in [0.3, 0.4) is 0 Å². The highest BCUT2D eigenvalue weighted by molar-refractivity contribution is 5.05. The van der Waals surface area contributed by atoms with E-state index >= 15 is 0 Å². The molecule has 0 amide bonds. The van der Waals surface area contributed by atoms with Gasteiger partial charge in [0.15, 0.2) is 0 Å². The van der Waals surface area contributed by atoms with Crippen LogP contribution in [0.25, 0.3) is 0 Å². The van der Waals surface area contributed by atoms with Crippen LogP contribution in [0, 0.1) is 12.8 Å². The summed E-state index contributed by atoms with van der Waals surface area (Å²) in [5.74, 6) is 2.87. The minimum Gasteiger partial charge on any atom is -0.465 e. The SMILES string of the molecule is CCNC1CCCCC1CN(C)Cc1ccc(C)o1. The normalized spacial score (nSPS) is 24.0. The van der Waals surface area contributed by atoms with Gasteiger partial charge >= 0.3 is 0 Å². The van der Waals surface area contributed by atoms with Crippen LogP contribution in [0.2, 0.25) is 0 Å². The molecule has 1 heterocycles. The molecule has 0 aromatic carbocycles. The first-order valence-electron chi connectivity index (χ1n) is 7.66. The summed E-state index contributed by atoms with van der Waals surface area (Å²) >= 11 is 0. The zero-order chi connectivity index (χ0) is 13.7. The van der Waals surface area contributed by atoms with E-state index in [1.54, 1.807) is 0 Å². The third kappa shape index (κ3) is 4.36. The molecular formula is C16H28N2O. The van der Waals surface area contributed by atoms with Crippen LogP contribution in [0.1, 0.15) is 44.1 Å². The quantitative estimate of drug-likeness (QED) is 0.855. The van der Waals surface area contributed by atoms with E-state index in [4.69, 9.17) is 4.42 Å². The van der Waals surface area contributed by atoms with Gasteiger partial charge < -0.3 is 9.73 Å². The fourth-order valence-electron chi connectivity index (χ4n) is 3.26. The van der Waals surface area contributed by atoms with Gasteiger partial charge in [0.25, 0.3) is 0 Å². The Morgan fingerprint density at radius 3 is 2.79 bits per heavy atom. The number of rotatable bonds is 6. The molecule has 3 heteroatoms. The lowest BCUT2D eigenvalue weighted by Gasteiger charge is -2.34. The molecule has 1 N–H and O–H groups in total. The van der Waals surface area contributed by atoms with Gasteiger partial charge in [0.1, 0.15) is 11.5 Å². The Morgan fingerprint density at radius 1 is 1.32 bits per heavy atom. The summed E-state index contributed by atoms with van der Waals surface area (Å²) < 4.78 is 5.66. The molecule has 2 unspecified atom stereocenters. The van der Waals surface area contributed by atoms with Crippen molar-refractivity contribution in [2.24, 2.45) is 5.92 Å². The number of nitrogens with one attached hydrogen (secondary N) is 1. The van der Waals surface area contributed by atoms with Crippen molar-refractivity contribution in [2.45, 2.75) is 52.1 Å². The average Bonchev–Trinajstić information content (AvgIpc) is 2.77. The van der Waals surface area contributed by atoms with Gasteiger partial charge in [-0.1, -0.05) is 19.8 Å². The van der Waals surface area contributed by atoms with Crippen molar-refractivity contribution < 1.29 is 4.42 Å². The highest BCUT2D eigenvalue weighted by Crippen LogP contribution is 2.25. The van der Waals surface area contributed by atoms with E-state index in [1.165, 1.54) is 25.7 Å². The molecule has 19 heavy (non-hydrogen) atoms. The van der Waals surface area contributed by atoms with Crippen molar-refractivity contribution in [1.82, 2.24) is 10.2 Å². The van der Waals surface area contributed by atoms with Gasteiger partial charge in [0.05, 0.1) is 6.54 Å². The second kappa shape index (κ2) is 7.11. The second-order valence-electron chi connectivity index (χ2n) is 5.92. The monoisotopic (exact) mass is 264 g/mol. The smallest absolute Gasteiger partial charge is 0.118 e. The topological polar surface area (TPSA) is 28.4 Å². The van der Waals surface area contributed by atoms with Crippen molar-refractivity contribution in [3.8, 4) is 0 Å². The minimum atomic E-state index is 0.708. The van der Waals surface area contributed by atoms with Crippen LogP contribution in [0.5, 0.6) is 0 Å². The lowest BCUT2D eigenvalue weighted by molar-refractivity contribution is 0.179. The Balaban J connectivity index is 1.84. The van der Waals surface area contributed by atoms with Crippen LogP contribution in [0.15, 0.2) is 16.5 Å². The molecular weight excluding hydrogens is 236 g/mol. The lowest BCUT2D eigenvalue weighted by Crippen LogP contribution is -2.43. The van der Waals surface area contributed by atoms with Crippen molar-refractivity contribution >= 4 is 0 Å². The standard InChI is InChI=1S/C16H28N2O/c1-4-17-16-8-6-5-7-14(16)11-18(3)12-15-10-9-13(2)19-15/h9-10,14,16-17H,4-8,11-12H2,1-3H3. The summed E-state index contributed by atoms with van der Waals surface area (Å²) in [5, 5.41) is 3.66. The molecule has 1 saturated carbocycles. The summed E-state index contributed by atoms with van der Waals surface area (Å²) in [6.07, 6.45) is 5.47. The molecule has 0 saturated heterocycles. The van der Waals surface area contributed by atoms with Gasteiger partial charge in [-0.05, 0) is 51.4 Å². The molecule has 0 radical (unpaired) electrons. The summed E-state index contributed by atoms with van der Waals surface area (Å²) in [7, 11) is 2.20. The maximum Gasteiger partial charge on any atom is 0.118 e. The molecule has 2 rings (SSSR count). The Bertz CT molecular complexity index is 373. The first kappa shape index (κ1) is 14.6. The number of hydrogen-bond donors (Lipinski definition) is 1. The maximum absolute atomic E-state index is 5.66. The molecule has 108 valence electrons. The molecule has 1 fully saturated rings. The van der Waals surface area contributed by atoms with Gasteiger partial charge in [0.2, 0.25) is 0 Å². The number of furan rings is 1. The van der Waals surface area contributed by atoms with Crippen molar-refractivity contribution in [1.29, 1.82) is 0 Å². The summed E-state index contributed by atoms with van der Waals surface area (Å²) in [6.45, 7) is 7.38. The number of hydrogen-bond acceptors (Lipinski definition) is 3. The van der Waals surface area contributed by atoms with E-state index in [-0.39, 0.29) is 0 Å². The highest BCUT2D eigenvalue weighted by atomic mass is 16.3. The number of nitrogens with zero attached hydrogens (tertiary/aromatic N) is 1. The Kier molecular flexibility index (Phi) is 5.46. The van der Waals surface area contributed by atoms with Gasteiger partial charge in [-0.25, -0.2) is 0 Å². The molecule has 1 aromatic rings. The minimum absolute atomic E-state index is 0.708. The highest BCUT2D eigenvalue weighted by Gasteiger charge is 2.25. The maximum atomic E-state index is 5.66. The molecule has 1 aliphatic carbocycles. The molecule has 0 aliphatic heterocycles. The van der Waals surface area contributed by atoms with Crippen LogP contribution >= 0.6 is 0 Å². The van der Waals surface area contributed by atoms with Crippen LogP contribution in [-0.4, -0.2) is 31.1 Å². The lowest BCUT2D eigenvalue weighted by atomic mass is 9.84. The molecule has 2 atom stereocenters. The summed E-state index contributed by atoms with van der Waals surface area (Å²) in [6, 6.07) is 4.85. The van der Waals surface area contributed by atoms with Crippen molar-refractivity contribution in [3.63, 3.8) is 0 Å². The molecule has 0 bridgehead atoms. The van der Waals surface area contributed by atoms with E-state index in [9.17, 15) is 0 Å². The van der Waals surface area contributed by atoms with Crippen LogP contribution in [-0.2, 0) is 6.54 Å². The fraction of sp³-hybridized carbons (Fsp3) is 0.750. The molecule has 1 aromatic heterocycles. The predicted octanol–water partition coefficient (Wildman–Crippen LogP) is 3.19. The second-order valence-corrected chi connectivity index (χ2v) is 5.92. The predicted molar refractivity (Wildman–Crippen MR) is 79.2 cm³/mol. The van der Waals surface area contributed by atoms with E-state index < -0.39 is 0 Å². The third-order valence-electron chi connectivity index (χ3n) is 4.14. The Hall–Kier alpha value is -0.800. The van der Waals surface area contributed by atoms with Gasteiger partial charge in [-0.3, -0.25) is 4.90 Å². The molecule has 3 nitrogen and oxygen atoms in total. The average molecular weight is 264 g/mol. The molecule has 0 spiro atoms. The van der Waals surface area contributed by atoms with Crippen LogP contribution < -0.4 is 5.32 Å². The van der Waals surface area contributed by atoms with Gasteiger partial charge in [-0.15, -0.1) is 0 Å². The van der Waals surface area contributed by atoms with Crippen LogP contribution in [0.4, 0.5) is 0 Å². The Morgan fingerprint density at radius 2 is 2.11 bits per heavy atom. The first-order valence-corrected chi connectivity index (χ1v) is 7.66. The van der Waals surface area contributed by atoms with Crippen molar-refractivity contribution in [3.05, 3.63) is 23.7 Å². The van der Waals surface area contributed by atoms with E-state index in [1.807, 2.05) is 13.0 Å². The van der Waals surface area contributed by atoms with Gasteiger partial charge in [-0.2, -0.15) is 0 Å². The van der Waals surface area contributed by atoms with E-state index in [0.29, 0.717) is 6.04 Å². The zero-order valence-corrected chi connectivity index (χ0v) is 12.6. The first-order chi connectivity index (χ1) is 9.19. The van der Waals surface area contributed by atoms with E-state index in [0.717, 1.165) is 37.1 Å². The summed E-state index contributed by atoms with van der Waals surface area (Å²) in [5.41, 5.74) is 0. The Labute approximate surface area is 117 Å². The van der Waals surface area contributed by atoms with Crippen molar-refractivity contribution in [2.75, 3.05) is 20.1 Å². The van der Waals surface area contributed by atoms with E-state index in [2.05, 4.69) is 30.3 Å².